The molecule has 23 heavy (non-hydrogen) atoms. The van der Waals surface area contributed by atoms with Gasteiger partial charge in [0.05, 0.1) is 0 Å². The molecule has 0 radical (unpaired) electrons. The first-order valence-corrected chi connectivity index (χ1v) is 13.7. The quantitative estimate of drug-likeness (QED) is 0.198. The summed E-state index contributed by atoms with van der Waals surface area (Å²) in [6, 6.07) is 1.16. The Bertz CT molecular complexity index is 229. The monoisotopic (exact) mass is 362 g/mol. The topological polar surface area (TPSA) is 18.5 Å². The van der Waals surface area contributed by atoms with E-state index in [0.717, 1.165) is 32.1 Å². The van der Waals surface area contributed by atoms with E-state index in [1.54, 1.807) is 0 Å². The third kappa shape index (κ3) is 15.7. The number of hydrogen-bond donors (Lipinski definition) is 0. The summed E-state index contributed by atoms with van der Waals surface area (Å²) in [5.74, 6) is 2.60. The fourth-order valence-electron chi connectivity index (χ4n) is 2.46. The molecule has 0 N–H and O–H groups in total. The molecule has 2 nitrogen and oxygen atoms in total. The van der Waals surface area contributed by atoms with Crippen LogP contribution in [0.5, 0.6) is 0 Å². The van der Waals surface area contributed by atoms with Crippen LogP contribution in [0.3, 0.4) is 0 Å². The molecule has 0 aromatic rings. The predicted octanol–water partition coefficient (Wildman–Crippen LogP) is 6.79. The Kier molecular flexibility index (Phi) is 17.7. The fourth-order valence-corrected chi connectivity index (χ4v) is 6.02. The third-order valence-corrected chi connectivity index (χ3v) is 8.17. The largest absolute Gasteiger partial charge is 0.394 e. The minimum Gasteiger partial charge on any atom is -0.394 e. The van der Waals surface area contributed by atoms with Crippen molar-refractivity contribution in [2.24, 2.45) is 0 Å². The molecule has 140 valence electrons. The predicted molar refractivity (Wildman–Crippen MR) is 109 cm³/mol. The van der Waals surface area contributed by atoms with Gasteiger partial charge in [0.1, 0.15) is 0 Å². The molecule has 0 saturated carbocycles. The molecule has 0 atom stereocenters. The Morgan fingerprint density at radius 2 is 1.17 bits per heavy atom. The third-order valence-electron chi connectivity index (χ3n) is 4.12. The highest BCUT2D eigenvalue weighted by molar-refractivity contribution is 7.99. The summed E-state index contributed by atoms with van der Waals surface area (Å²) in [5, 5.41) is 0. The van der Waals surface area contributed by atoms with Crippen molar-refractivity contribution < 1.29 is 8.85 Å². The van der Waals surface area contributed by atoms with Crippen LogP contribution in [0.2, 0.25) is 12.6 Å². The van der Waals surface area contributed by atoms with E-state index in [9.17, 15) is 0 Å². The second kappa shape index (κ2) is 17.3. The van der Waals surface area contributed by atoms with Crippen molar-refractivity contribution in [2.75, 3.05) is 24.7 Å². The first kappa shape index (κ1) is 23.5. The first-order valence-electron chi connectivity index (χ1n) is 10.0. The molecule has 0 spiro atoms. The SMILES string of the molecule is CCCCCCCSCCC[Si](C)(OCCCC)OCCCC. The molecule has 0 rings (SSSR count). The maximum absolute atomic E-state index is 6.20. The highest BCUT2D eigenvalue weighted by atomic mass is 32.2. The Morgan fingerprint density at radius 3 is 1.74 bits per heavy atom. The Labute approximate surface area is 151 Å². The van der Waals surface area contributed by atoms with Gasteiger partial charge in [-0.3, -0.25) is 0 Å². The normalized spacial score (nSPS) is 12.0. The van der Waals surface area contributed by atoms with Gasteiger partial charge in [0.15, 0.2) is 0 Å². The van der Waals surface area contributed by atoms with E-state index in [1.165, 1.54) is 62.9 Å². The van der Waals surface area contributed by atoms with Gasteiger partial charge >= 0.3 is 8.56 Å². The molecular weight excluding hydrogens is 320 g/mol. The van der Waals surface area contributed by atoms with Gasteiger partial charge in [0.25, 0.3) is 0 Å². The number of unbranched alkanes of at least 4 members (excludes halogenated alkanes) is 6. The summed E-state index contributed by atoms with van der Waals surface area (Å²) in [5.41, 5.74) is 0. The lowest BCUT2D eigenvalue weighted by Gasteiger charge is -2.27. The van der Waals surface area contributed by atoms with E-state index in [4.69, 9.17) is 8.85 Å². The van der Waals surface area contributed by atoms with E-state index < -0.39 is 8.56 Å². The van der Waals surface area contributed by atoms with Gasteiger partial charge in [0, 0.05) is 13.2 Å². The Hall–Kier alpha value is 0.487. The van der Waals surface area contributed by atoms with Crippen molar-refractivity contribution in [1.82, 2.24) is 0 Å². The molecule has 0 aromatic heterocycles. The molecule has 0 amide bonds. The molecule has 0 heterocycles. The van der Waals surface area contributed by atoms with Crippen LogP contribution in [0.15, 0.2) is 0 Å². The van der Waals surface area contributed by atoms with Gasteiger partial charge < -0.3 is 8.85 Å². The van der Waals surface area contributed by atoms with Crippen LogP contribution in [0, 0.1) is 0 Å². The average Bonchev–Trinajstić information content (AvgIpc) is 2.54. The summed E-state index contributed by atoms with van der Waals surface area (Å²) >= 11 is 2.12. The van der Waals surface area contributed by atoms with E-state index in [1.807, 2.05) is 0 Å². The van der Waals surface area contributed by atoms with Crippen LogP contribution in [0.4, 0.5) is 0 Å². The molecule has 4 heteroatoms. The van der Waals surface area contributed by atoms with Crippen molar-refractivity contribution in [1.29, 1.82) is 0 Å². The van der Waals surface area contributed by atoms with Crippen molar-refractivity contribution in [3.05, 3.63) is 0 Å². The zero-order chi connectivity index (χ0) is 17.2. The standard InChI is InChI=1S/C19H42O2SSi/c1-5-8-11-12-13-17-22-18-14-19-23(4,20-15-9-6-2)21-16-10-7-3/h5-19H2,1-4H3. The molecular formula is C19H42O2SSi. The molecule has 0 aliphatic carbocycles. The smallest absolute Gasteiger partial charge is 0.334 e. The maximum atomic E-state index is 6.20. The lowest BCUT2D eigenvalue weighted by atomic mass is 10.2. The summed E-state index contributed by atoms with van der Waals surface area (Å²) in [6.07, 6.45) is 12.9. The second-order valence-electron chi connectivity index (χ2n) is 6.67. The van der Waals surface area contributed by atoms with Gasteiger partial charge in [-0.15, -0.1) is 0 Å². The van der Waals surface area contributed by atoms with Crippen molar-refractivity contribution in [2.45, 2.75) is 97.6 Å². The molecule has 0 fully saturated rings. The van der Waals surface area contributed by atoms with Gasteiger partial charge in [-0.05, 0) is 49.8 Å². The van der Waals surface area contributed by atoms with Crippen LogP contribution >= 0.6 is 11.8 Å². The summed E-state index contributed by atoms with van der Waals surface area (Å²) < 4.78 is 12.4. The molecule has 0 unspecified atom stereocenters. The van der Waals surface area contributed by atoms with Crippen molar-refractivity contribution in [3.8, 4) is 0 Å². The summed E-state index contributed by atoms with van der Waals surface area (Å²) in [4.78, 5) is 0. The molecule has 0 aliphatic heterocycles. The van der Waals surface area contributed by atoms with Crippen molar-refractivity contribution >= 4 is 20.3 Å². The Balaban J connectivity index is 3.76. The highest BCUT2D eigenvalue weighted by Gasteiger charge is 2.30. The molecule has 0 saturated heterocycles. The van der Waals surface area contributed by atoms with Crippen LogP contribution in [0.1, 0.15) is 85.0 Å². The number of hydrogen-bond acceptors (Lipinski definition) is 3. The fraction of sp³-hybridized carbons (Fsp3) is 1.00. The minimum atomic E-state index is -1.92. The molecule has 0 aliphatic rings. The van der Waals surface area contributed by atoms with Gasteiger partial charge in [-0.1, -0.05) is 59.3 Å². The summed E-state index contributed by atoms with van der Waals surface area (Å²) in [6.45, 7) is 10.8. The molecule has 0 bridgehead atoms. The Morgan fingerprint density at radius 1 is 0.652 bits per heavy atom. The van der Waals surface area contributed by atoms with E-state index >= 15 is 0 Å². The van der Waals surface area contributed by atoms with Crippen LogP contribution in [-0.2, 0) is 8.85 Å². The van der Waals surface area contributed by atoms with E-state index in [-0.39, 0.29) is 0 Å². The molecule has 0 aromatic carbocycles. The highest BCUT2D eigenvalue weighted by Crippen LogP contribution is 2.20. The van der Waals surface area contributed by atoms with Crippen LogP contribution < -0.4 is 0 Å². The number of thioether (sulfide) groups is 1. The average molecular weight is 363 g/mol. The second-order valence-corrected chi connectivity index (χ2v) is 11.2. The zero-order valence-electron chi connectivity index (χ0n) is 16.3. The summed E-state index contributed by atoms with van der Waals surface area (Å²) in [7, 11) is -1.92. The zero-order valence-corrected chi connectivity index (χ0v) is 18.1. The van der Waals surface area contributed by atoms with Gasteiger partial charge in [-0.2, -0.15) is 11.8 Å². The van der Waals surface area contributed by atoms with Crippen LogP contribution in [-0.4, -0.2) is 33.3 Å². The lowest BCUT2D eigenvalue weighted by Crippen LogP contribution is -2.39. The van der Waals surface area contributed by atoms with Gasteiger partial charge in [0.2, 0.25) is 0 Å². The van der Waals surface area contributed by atoms with E-state index in [2.05, 4.69) is 39.1 Å². The van der Waals surface area contributed by atoms with E-state index in [0.29, 0.717) is 0 Å². The minimum absolute atomic E-state index is 0.885. The number of rotatable bonds is 18. The van der Waals surface area contributed by atoms with Crippen LogP contribution in [0.25, 0.3) is 0 Å². The first-order chi connectivity index (χ1) is 11.2. The van der Waals surface area contributed by atoms with Gasteiger partial charge in [-0.25, -0.2) is 0 Å². The van der Waals surface area contributed by atoms with Crippen molar-refractivity contribution in [3.63, 3.8) is 0 Å². The maximum Gasteiger partial charge on any atom is 0.334 e. The lowest BCUT2D eigenvalue weighted by molar-refractivity contribution is 0.168.